The lowest BCUT2D eigenvalue weighted by Crippen LogP contribution is -1.97. The van der Waals surface area contributed by atoms with Crippen LogP contribution in [0, 0.1) is 10.1 Å². The summed E-state index contributed by atoms with van der Waals surface area (Å²) in [7, 11) is 0. The molecule has 0 N–H and O–H groups in total. The molecule has 0 fully saturated rings. The molecule has 0 spiro atoms. The maximum atomic E-state index is 12.0. The van der Waals surface area contributed by atoms with Crippen LogP contribution in [0.15, 0.2) is 36.5 Å². The first-order valence-corrected chi connectivity index (χ1v) is 4.97. The van der Waals surface area contributed by atoms with E-state index in [4.69, 9.17) is 0 Å². The Kier molecular flexibility index (Phi) is 1.82. The molecule has 1 aliphatic carbocycles. The smallest absolute Gasteiger partial charge is 0.358 e. The van der Waals surface area contributed by atoms with Gasteiger partial charge in [0.1, 0.15) is 0 Å². The summed E-state index contributed by atoms with van der Waals surface area (Å²) in [6.45, 7) is 0. The molecule has 1 aliphatic rings. The lowest BCUT2D eigenvalue weighted by molar-refractivity contribution is -0.389. The van der Waals surface area contributed by atoms with Crippen molar-refractivity contribution < 1.29 is 9.72 Å². The summed E-state index contributed by atoms with van der Waals surface area (Å²) >= 11 is 0. The average Bonchev–Trinajstić information content (AvgIpc) is 2.64. The average molecular weight is 226 g/mol. The highest BCUT2D eigenvalue weighted by Gasteiger charge is 2.29. The molecular weight excluding hydrogens is 220 g/mol. The van der Waals surface area contributed by atoms with Crippen molar-refractivity contribution in [2.45, 2.75) is 0 Å². The van der Waals surface area contributed by atoms with E-state index < -0.39 is 4.92 Å². The van der Waals surface area contributed by atoms with E-state index in [1.165, 1.54) is 12.3 Å². The largest absolute Gasteiger partial charge is 0.364 e. The van der Waals surface area contributed by atoms with Crippen LogP contribution in [0.4, 0.5) is 5.82 Å². The Hall–Kier alpha value is -2.56. The van der Waals surface area contributed by atoms with Gasteiger partial charge in [-0.2, -0.15) is 0 Å². The van der Waals surface area contributed by atoms with Gasteiger partial charge >= 0.3 is 5.82 Å². The van der Waals surface area contributed by atoms with Gasteiger partial charge in [-0.1, -0.05) is 24.3 Å². The van der Waals surface area contributed by atoms with Crippen molar-refractivity contribution in [3.63, 3.8) is 0 Å². The monoisotopic (exact) mass is 226 g/mol. The Labute approximate surface area is 95.9 Å². The molecular formula is C12H6N2O3. The quantitative estimate of drug-likeness (QED) is 0.471. The van der Waals surface area contributed by atoms with Crippen molar-refractivity contribution in [2.75, 3.05) is 0 Å². The third kappa shape index (κ3) is 1.25. The first-order valence-electron chi connectivity index (χ1n) is 4.97. The van der Waals surface area contributed by atoms with Crippen molar-refractivity contribution in [3.05, 3.63) is 57.8 Å². The highest BCUT2D eigenvalue weighted by atomic mass is 16.6. The zero-order chi connectivity index (χ0) is 12.0. The molecule has 1 heterocycles. The molecule has 0 bridgehead atoms. The Morgan fingerprint density at radius 1 is 1.06 bits per heavy atom. The van der Waals surface area contributed by atoms with Gasteiger partial charge in [0, 0.05) is 17.2 Å². The Balaban J connectivity index is 2.31. The van der Waals surface area contributed by atoms with Crippen LogP contribution in [0.5, 0.6) is 0 Å². The number of hydrogen-bond donors (Lipinski definition) is 0. The van der Waals surface area contributed by atoms with E-state index in [1.807, 2.05) is 0 Å². The molecule has 1 aromatic carbocycles. The van der Waals surface area contributed by atoms with E-state index in [0.717, 1.165) is 5.56 Å². The number of nitro groups is 1. The Bertz CT molecular complexity index is 665. The van der Waals surface area contributed by atoms with Gasteiger partial charge in [-0.05, 0) is 15.5 Å². The molecule has 0 saturated heterocycles. The fourth-order valence-corrected chi connectivity index (χ4v) is 2.01. The summed E-state index contributed by atoms with van der Waals surface area (Å²) in [5.41, 5.74) is 2.33. The van der Waals surface area contributed by atoms with E-state index in [-0.39, 0.29) is 11.6 Å². The Morgan fingerprint density at radius 3 is 2.47 bits per heavy atom. The lowest BCUT2D eigenvalue weighted by Gasteiger charge is -1.97. The first kappa shape index (κ1) is 9.65. The number of carbonyl (C=O) groups excluding carboxylic acids is 1. The molecule has 5 nitrogen and oxygen atoms in total. The van der Waals surface area contributed by atoms with Crippen LogP contribution < -0.4 is 0 Å². The van der Waals surface area contributed by atoms with E-state index in [2.05, 4.69) is 4.98 Å². The van der Waals surface area contributed by atoms with Gasteiger partial charge in [-0.3, -0.25) is 4.79 Å². The predicted molar refractivity (Wildman–Crippen MR) is 59.8 cm³/mol. The molecule has 0 saturated carbocycles. The molecule has 82 valence electrons. The van der Waals surface area contributed by atoms with Crippen LogP contribution in [-0.4, -0.2) is 15.7 Å². The minimum absolute atomic E-state index is 0.127. The SMILES string of the molecule is O=C1c2ccccc2-c2cc([N+](=O)[O-])ncc21. The fraction of sp³-hybridized carbons (Fsp3) is 0. The van der Waals surface area contributed by atoms with E-state index in [0.29, 0.717) is 16.7 Å². The maximum absolute atomic E-state index is 12.0. The second kappa shape index (κ2) is 3.21. The number of nitrogens with zero attached hydrogens (tertiary/aromatic N) is 2. The van der Waals surface area contributed by atoms with Crippen LogP contribution >= 0.6 is 0 Å². The van der Waals surface area contributed by atoms with Crippen LogP contribution in [-0.2, 0) is 0 Å². The number of rotatable bonds is 1. The van der Waals surface area contributed by atoms with Gasteiger partial charge in [-0.25, -0.2) is 0 Å². The predicted octanol–water partition coefficient (Wildman–Crippen LogP) is 2.20. The van der Waals surface area contributed by atoms with Crippen molar-refractivity contribution in [2.24, 2.45) is 0 Å². The van der Waals surface area contributed by atoms with E-state index in [1.54, 1.807) is 24.3 Å². The van der Waals surface area contributed by atoms with Crippen molar-refractivity contribution >= 4 is 11.6 Å². The normalized spacial score (nSPS) is 12.1. The van der Waals surface area contributed by atoms with Crippen LogP contribution in [0.1, 0.15) is 15.9 Å². The van der Waals surface area contributed by atoms with Crippen molar-refractivity contribution in [1.82, 2.24) is 4.98 Å². The third-order valence-corrected chi connectivity index (χ3v) is 2.78. The summed E-state index contributed by atoms with van der Waals surface area (Å²) in [5.74, 6) is -0.369. The molecule has 0 radical (unpaired) electrons. The van der Waals surface area contributed by atoms with Gasteiger partial charge < -0.3 is 10.1 Å². The number of ketones is 1. The molecule has 3 rings (SSSR count). The highest BCUT2D eigenvalue weighted by Crippen LogP contribution is 2.37. The summed E-state index contributed by atoms with van der Waals surface area (Å²) < 4.78 is 0. The Morgan fingerprint density at radius 2 is 1.76 bits per heavy atom. The summed E-state index contributed by atoms with van der Waals surface area (Å²) in [4.78, 5) is 25.7. The molecule has 17 heavy (non-hydrogen) atoms. The molecule has 5 heteroatoms. The summed E-state index contributed by atoms with van der Waals surface area (Å²) in [6, 6.07) is 8.41. The van der Waals surface area contributed by atoms with Gasteiger partial charge in [0.25, 0.3) is 0 Å². The number of aromatic nitrogens is 1. The maximum Gasteiger partial charge on any atom is 0.364 e. The van der Waals surface area contributed by atoms with E-state index >= 15 is 0 Å². The molecule has 0 unspecified atom stereocenters. The minimum atomic E-state index is -0.564. The van der Waals surface area contributed by atoms with Gasteiger partial charge in [0.2, 0.25) is 0 Å². The minimum Gasteiger partial charge on any atom is -0.358 e. The lowest BCUT2D eigenvalue weighted by atomic mass is 10.1. The molecule has 2 aromatic rings. The molecule has 0 aliphatic heterocycles. The second-order valence-electron chi connectivity index (χ2n) is 3.72. The summed E-state index contributed by atoms with van der Waals surface area (Å²) in [5, 5.41) is 10.7. The topological polar surface area (TPSA) is 73.1 Å². The number of hydrogen-bond acceptors (Lipinski definition) is 4. The van der Waals surface area contributed by atoms with E-state index in [9.17, 15) is 14.9 Å². The van der Waals surface area contributed by atoms with Gasteiger partial charge in [-0.15, -0.1) is 0 Å². The van der Waals surface area contributed by atoms with Gasteiger partial charge in [0.15, 0.2) is 12.0 Å². The standard InChI is InChI=1S/C12H6N2O3/c15-12-8-4-2-1-3-7(8)9-5-11(14(16)17)13-6-10(9)12/h1-6H. The molecule has 0 atom stereocenters. The summed E-state index contributed by atoms with van der Waals surface area (Å²) in [6.07, 6.45) is 1.27. The van der Waals surface area contributed by atoms with Crippen LogP contribution in [0.3, 0.4) is 0 Å². The highest BCUT2D eigenvalue weighted by molar-refractivity contribution is 6.21. The zero-order valence-electron chi connectivity index (χ0n) is 8.58. The number of benzene rings is 1. The van der Waals surface area contributed by atoms with Crippen molar-refractivity contribution in [3.8, 4) is 11.1 Å². The molecule has 0 amide bonds. The fourth-order valence-electron chi connectivity index (χ4n) is 2.01. The molecule has 1 aromatic heterocycles. The van der Waals surface area contributed by atoms with Gasteiger partial charge in [0.05, 0.1) is 5.56 Å². The first-order chi connectivity index (χ1) is 8.18. The number of carbonyl (C=O) groups is 1. The third-order valence-electron chi connectivity index (χ3n) is 2.78. The van der Waals surface area contributed by atoms with Crippen LogP contribution in [0.25, 0.3) is 11.1 Å². The second-order valence-corrected chi connectivity index (χ2v) is 3.72. The zero-order valence-corrected chi connectivity index (χ0v) is 8.58. The van der Waals surface area contributed by atoms with Crippen LogP contribution in [0.2, 0.25) is 0 Å². The number of pyridine rings is 1. The van der Waals surface area contributed by atoms with Crippen molar-refractivity contribution in [1.29, 1.82) is 0 Å². The number of fused-ring (bicyclic) bond motifs is 3.